The molecule has 268 valence electrons. The lowest BCUT2D eigenvalue weighted by Gasteiger charge is -2.39. The molecule has 0 aliphatic heterocycles. The fourth-order valence-electron chi connectivity index (χ4n) is 5.55. The third-order valence-electron chi connectivity index (χ3n) is 7.76. The molecule has 4 aromatic carbocycles. The molecule has 0 saturated heterocycles. The number of ether oxygens (including phenoxy) is 2. The van der Waals surface area contributed by atoms with Gasteiger partial charge in [0.1, 0.15) is 11.5 Å². The second-order valence-electron chi connectivity index (χ2n) is 11.2. The van der Waals surface area contributed by atoms with Crippen molar-refractivity contribution in [1.29, 1.82) is 0 Å². The molecule has 0 radical (unpaired) electrons. The SMILES string of the molecule is Cc1cc(C(c2cc(C)c(Oc3ccc([N+](=O)[O-])cc3[N+](=O)[O-])c(C)c2)(C(F)(F)F)C(F)(F)F)cc(C)c1Oc1ccc([N+](=O)[O-])cc1[N+](=O)[O-]. The van der Waals surface area contributed by atoms with Crippen LogP contribution in [0.3, 0.4) is 0 Å². The smallest absolute Gasteiger partial charge is 0.411 e. The molecule has 51 heavy (non-hydrogen) atoms. The summed E-state index contributed by atoms with van der Waals surface area (Å²) in [7, 11) is 0. The fourth-order valence-corrected chi connectivity index (χ4v) is 5.55. The molecule has 0 saturated carbocycles. The summed E-state index contributed by atoms with van der Waals surface area (Å²) < 4.78 is 102. The molecule has 0 heterocycles. The molecule has 4 rings (SSSR count). The van der Waals surface area contributed by atoms with Crippen LogP contribution in [0, 0.1) is 68.2 Å². The highest BCUT2D eigenvalue weighted by Crippen LogP contribution is 2.58. The predicted molar refractivity (Wildman–Crippen MR) is 164 cm³/mol. The van der Waals surface area contributed by atoms with Gasteiger partial charge in [-0.25, -0.2) is 0 Å². The van der Waals surface area contributed by atoms with Crippen LogP contribution in [0.4, 0.5) is 49.1 Å². The summed E-state index contributed by atoms with van der Waals surface area (Å²) in [5.41, 5.74) is -11.7. The van der Waals surface area contributed by atoms with E-state index in [-0.39, 0.29) is 33.8 Å². The van der Waals surface area contributed by atoms with Crippen LogP contribution < -0.4 is 9.47 Å². The Kier molecular flexibility index (Phi) is 9.68. The second-order valence-corrected chi connectivity index (χ2v) is 11.2. The van der Waals surface area contributed by atoms with Crippen molar-refractivity contribution in [3.05, 3.63) is 135 Å². The van der Waals surface area contributed by atoms with E-state index in [4.69, 9.17) is 9.47 Å². The van der Waals surface area contributed by atoms with Gasteiger partial charge in [-0.05, 0) is 73.2 Å². The number of nitrogens with zero attached hydrogens (tertiary/aromatic N) is 4. The van der Waals surface area contributed by atoms with Crippen molar-refractivity contribution in [2.45, 2.75) is 45.5 Å². The number of alkyl halides is 6. The number of aryl methyl sites for hydroxylation is 4. The van der Waals surface area contributed by atoms with E-state index in [0.717, 1.165) is 52.0 Å². The Morgan fingerprint density at radius 3 is 1.02 bits per heavy atom. The monoisotopic (exact) mass is 724 g/mol. The lowest BCUT2D eigenvalue weighted by atomic mass is 9.71. The number of hydrogen-bond acceptors (Lipinski definition) is 10. The molecule has 0 amide bonds. The van der Waals surface area contributed by atoms with E-state index in [2.05, 4.69) is 0 Å². The molecule has 4 aromatic rings. The number of halogens is 6. The maximum atomic E-state index is 15.1. The van der Waals surface area contributed by atoms with Crippen molar-refractivity contribution in [3.8, 4) is 23.0 Å². The Bertz CT molecular complexity index is 1920. The molecule has 0 unspecified atom stereocenters. The summed E-state index contributed by atoms with van der Waals surface area (Å²) in [4.78, 5) is 41.4. The number of benzene rings is 4. The van der Waals surface area contributed by atoms with Gasteiger partial charge in [0.25, 0.3) is 11.4 Å². The largest absolute Gasteiger partial charge is 0.450 e. The van der Waals surface area contributed by atoms with Gasteiger partial charge in [-0.2, -0.15) is 26.3 Å². The van der Waals surface area contributed by atoms with Crippen molar-refractivity contribution < 1.29 is 55.5 Å². The number of hydrogen-bond donors (Lipinski definition) is 0. The molecule has 0 aliphatic rings. The van der Waals surface area contributed by atoms with Gasteiger partial charge < -0.3 is 9.47 Å². The molecule has 0 N–H and O–H groups in total. The van der Waals surface area contributed by atoms with Gasteiger partial charge in [-0.3, -0.25) is 40.5 Å². The number of nitro groups is 4. The van der Waals surface area contributed by atoms with Crippen LogP contribution >= 0.6 is 0 Å². The summed E-state index contributed by atoms with van der Waals surface area (Å²) in [5.74, 6) is -1.85. The minimum Gasteiger partial charge on any atom is -0.450 e. The van der Waals surface area contributed by atoms with Crippen molar-refractivity contribution >= 4 is 22.7 Å². The highest BCUT2D eigenvalue weighted by atomic mass is 19.4. The zero-order chi connectivity index (χ0) is 38.4. The Labute approximate surface area is 281 Å². The van der Waals surface area contributed by atoms with Crippen molar-refractivity contribution in [3.63, 3.8) is 0 Å². The first kappa shape index (κ1) is 37.5. The first-order chi connectivity index (χ1) is 23.5. The van der Waals surface area contributed by atoms with Crippen LogP contribution in [0.25, 0.3) is 0 Å². The van der Waals surface area contributed by atoms with Crippen LogP contribution in [-0.2, 0) is 5.41 Å². The lowest BCUT2D eigenvalue weighted by Crippen LogP contribution is -2.55. The summed E-state index contributed by atoms with van der Waals surface area (Å²) >= 11 is 0. The maximum Gasteiger partial charge on any atom is 0.411 e. The van der Waals surface area contributed by atoms with Crippen molar-refractivity contribution in [2.75, 3.05) is 0 Å². The summed E-state index contributed by atoms with van der Waals surface area (Å²) in [6.45, 7) is 4.41. The highest BCUT2D eigenvalue weighted by Gasteiger charge is 2.72. The minimum absolute atomic E-state index is 0.311. The third-order valence-corrected chi connectivity index (χ3v) is 7.76. The summed E-state index contributed by atoms with van der Waals surface area (Å²) in [6, 6.07) is 6.79. The lowest BCUT2D eigenvalue weighted by molar-refractivity contribution is -0.394. The van der Waals surface area contributed by atoms with E-state index in [1.54, 1.807) is 0 Å². The molecule has 20 heteroatoms. The molecule has 0 aromatic heterocycles. The van der Waals surface area contributed by atoms with Gasteiger partial charge >= 0.3 is 23.7 Å². The van der Waals surface area contributed by atoms with Gasteiger partial charge in [-0.1, -0.05) is 24.3 Å². The normalized spacial score (nSPS) is 12.0. The van der Waals surface area contributed by atoms with Crippen molar-refractivity contribution in [1.82, 2.24) is 0 Å². The number of nitro benzene ring substituents is 4. The summed E-state index contributed by atoms with van der Waals surface area (Å²) in [5, 5.41) is 45.3. The topological polar surface area (TPSA) is 191 Å². The highest BCUT2D eigenvalue weighted by molar-refractivity contribution is 5.60. The summed E-state index contributed by atoms with van der Waals surface area (Å²) in [6.07, 6.45) is -12.1. The zero-order valence-corrected chi connectivity index (χ0v) is 26.4. The van der Waals surface area contributed by atoms with E-state index < -0.39 is 82.8 Å². The van der Waals surface area contributed by atoms with Crippen LogP contribution in [0.2, 0.25) is 0 Å². The number of non-ortho nitro benzene ring substituents is 2. The Morgan fingerprint density at radius 1 is 0.490 bits per heavy atom. The van der Waals surface area contributed by atoms with E-state index in [9.17, 15) is 40.5 Å². The Hall–Kier alpha value is -6.34. The molecular weight excluding hydrogens is 702 g/mol. The molecule has 0 spiro atoms. The van der Waals surface area contributed by atoms with E-state index in [1.807, 2.05) is 0 Å². The first-order valence-corrected chi connectivity index (χ1v) is 14.1. The minimum atomic E-state index is -6.05. The molecule has 0 aliphatic carbocycles. The van der Waals surface area contributed by atoms with Gasteiger partial charge in [0.05, 0.1) is 31.8 Å². The quantitative estimate of drug-likeness (QED) is 0.0864. The molecule has 0 bridgehead atoms. The fraction of sp³-hybridized carbons (Fsp3) is 0.226. The molecular formula is C31H22F6N4O10. The maximum absolute atomic E-state index is 15.1. The average Bonchev–Trinajstić information content (AvgIpc) is 2.99. The van der Waals surface area contributed by atoms with Crippen LogP contribution in [0.1, 0.15) is 33.4 Å². The van der Waals surface area contributed by atoms with Gasteiger partial charge in [-0.15, -0.1) is 0 Å². The third kappa shape index (κ3) is 6.79. The van der Waals surface area contributed by atoms with Gasteiger partial charge in [0.15, 0.2) is 0 Å². The van der Waals surface area contributed by atoms with Gasteiger partial charge in [0, 0.05) is 12.1 Å². The molecule has 14 nitrogen and oxygen atoms in total. The van der Waals surface area contributed by atoms with E-state index in [0.29, 0.717) is 36.4 Å². The van der Waals surface area contributed by atoms with Gasteiger partial charge in [0.2, 0.25) is 16.9 Å². The average molecular weight is 725 g/mol. The molecule has 0 atom stereocenters. The van der Waals surface area contributed by atoms with Crippen LogP contribution in [-0.4, -0.2) is 32.0 Å². The van der Waals surface area contributed by atoms with E-state index in [1.165, 1.54) is 0 Å². The predicted octanol–water partition coefficient (Wildman–Crippen LogP) is 9.55. The second kappa shape index (κ2) is 13.2. The van der Waals surface area contributed by atoms with E-state index >= 15 is 26.3 Å². The van der Waals surface area contributed by atoms with Crippen LogP contribution in [0.5, 0.6) is 23.0 Å². The Balaban J connectivity index is 1.90. The van der Waals surface area contributed by atoms with Crippen LogP contribution in [0.15, 0.2) is 60.7 Å². The number of rotatable bonds is 10. The molecule has 0 fully saturated rings. The zero-order valence-electron chi connectivity index (χ0n) is 26.4. The first-order valence-electron chi connectivity index (χ1n) is 14.1. The van der Waals surface area contributed by atoms with Crippen molar-refractivity contribution in [2.24, 2.45) is 0 Å². The Morgan fingerprint density at radius 2 is 0.784 bits per heavy atom. The standard InChI is InChI=1S/C31H22F6N4O10/c1-15-9-19(10-16(2)27(15)50-25-7-5-21(38(42)43)13-23(25)40(46)47)29(30(32,33)34,31(35,36)37)20-11-17(3)28(18(4)12-20)51-26-8-6-22(39(44)45)14-24(26)41(48)49/h5-14H,1-4H3.